The summed E-state index contributed by atoms with van der Waals surface area (Å²) in [5, 5.41) is 4.39. The molecule has 0 amide bonds. The Bertz CT molecular complexity index is 1030. The molecule has 2 aromatic carbocycles. The van der Waals surface area contributed by atoms with Gasteiger partial charge in [0.05, 0.1) is 18.6 Å². The quantitative estimate of drug-likeness (QED) is 0.691. The first-order valence-electron chi connectivity index (χ1n) is 7.62. The van der Waals surface area contributed by atoms with Gasteiger partial charge < -0.3 is 9.26 Å². The van der Waals surface area contributed by atoms with Gasteiger partial charge in [0.25, 0.3) is 0 Å². The van der Waals surface area contributed by atoms with Crippen LogP contribution >= 0.6 is 11.6 Å². The van der Waals surface area contributed by atoms with Crippen LogP contribution in [0.5, 0.6) is 5.75 Å². The normalized spacial score (nSPS) is 11.5. The fraction of sp³-hybridized carbons (Fsp3) is 0.176. The summed E-state index contributed by atoms with van der Waals surface area (Å²) in [6.07, 6.45) is 0. The number of benzene rings is 2. The summed E-state index contributed by atoms with van der Waals surface area (Å²) in [5.41, 5.74) is 1.40. The van der Waals surface area contributed by atoms with Crippen molar-refractivity contribution in [2.24, 2.45) is 0 Å². The van der Waals surface area contributed by atoms with Gasteiger partial charge in [-0.3, -0.25) is 0 Å². The number of sulfonamides is 1. The third-order valence-electron chi connectivity index (χ3n) is 3.64. The summed E-state index contributed by atoms with van der Waals surface area (Å²) in [6, 6.07) is 11.6. The molecule has 0 bridgehead atoms. The van der Waals surface area contributed by atoms with Crippen molar-refractivity contribution in [1.29, 1.82) is 0 Å². The van der Waals surface area contributed by atoms with Crippen molar-refractivity contribution in [2.45, 2.75) is 18.4 Å². The molecule has 0 atom stereocenters. The van der Waals surface area contributed by atoms with Gasteiger partial charge in [-0.2, -0.15) is 4.98 Å². The van der Waals surface area contributed by atoms with Gasteiger partial charge >= 0.3 is 0 Å². The van der Waals surface area contributed by atoms with E-state index in [2.05, 4.69) is 14.9 Å². The highest BCUT2D eigenvalue weighted by Crippen LogP contribution is 2.22. The van der Waals surface area contributed by atoms with Crippen molar-refractivity contribution in [2.75, 3.05) is 7.11 Å². The highest BCUT2D eigenvalue weighted by molar-refractivity contribution is 7.89. The van der Waals surface area contributed by atoms with E-state index in [-0.39, 0.29) is 17.3 Å². The van der Waals surface area contributed by atoms with Gasteiger partial charge in [0.1, 0.15) is 5.75 Å². The first-order chi connectivity index (χ1) is 12.4. The van der Waals surface area contributed by atoms with Gasteiger partial charge in [-0.05, 0) is 42.8 Å². The molecule has 1 aromatic heterocycles. The minimum atomic E-state index is -3.72. The van der Waals surface area contributed by atoms with E-state index in [0.29, 0.717) is 22.2 Å². The highest BCUT2D eigenvalue weighted by Gasteiger charge is 2.17. The molecular formula is C17H16ClN3O4S. The second-order valence-electron chi connectivity index (χ2n) is 5.48. The predicted octanol–water partition coefficient (Wildman–Crippen LogP) is 3.19. The number of rotatable bonds is 6. The number of ether oxygens (including phenoxy) is 1. The molecular weight excluding hydrogens is 378 g/mol. The molecule has 136 valence electrons. The minimum Gasteiger partial charge on any atom is -0.496 e. The number of methoxy groups -OCH3 is 1. The minimum absolute atomic E-state index is 0.124. The summed E-state index contributed by atoms with van der Waals surface area (Å²) < 4.78 is 37.5. The number of nitrogens with one attached hydrogen (secondary N) is 1. The number of aromatic nitrogens is 2. The van der Waals surface area contributed by atoms with Crippen LogP contribution in [0.1, 0.15) is 11.5 Å². The Hall–Kier alpha value is -2.42. The largest absolute Gasteiger partial charge is 0.496 e. The highest BCUT2D eigenvalue weighted by atomic mass is 35.5. The van der Waals surface area contributed by atoms with Gasteiger partial charge in [-0.1, -0.05) is 28.9 Å². The molecule has 0 radical (unpaired) electrons. The summed E-state index contributed by atoms with van der Waals surface area (Å²) in [6.45, 7) is 1.65. The zero-order valence-corrected chi connectivity index (χ0v) is 15.6. The maximum atomic E-state index is 12.4. The summed E-state index contributed by atoms with van der Waals surface area (Å²) in [4.78, 5) is 4.31. The molecule has 0 saturated heterocycles. The van der Waals surface area contributed by atoms with E-state index < -0.39 is 10.0 Å². The summed E-state index contributed by atoms with van der Waals surface area (Å²) in [5.74, 6) is 1.10. The van der Waals surface area contributed by atoms with Crippen molar-refractivity contribution >= 4 is 21.6 Å². The molecule has 0 fully saturated rings. The zero-order valence-electron chi connectivity index (χ0n) is 14.1. The molecule has 0 unspecified atom stereocenters. The second kappa shape index (κ2) is 7.45. The van der Waals surface area contributed by atoms with Crippen LogP contribution in [0, 0.1) is 6.92 Å². The Kier molecular flexibility index (Phi) is 5.26. The monoisotopic (exact) mass is 393 g/mol. The van der Waals surface area contributed by atoms with E-state index in [1.165, 1.54) is 19.2 Å². The van der Waals surface area contributed by atoms with Crippen LogP contribution in [0.3, 0.4) is 0 Å². The van der Waals surface area contributed by atoms with E-state index >= 15 is 0 Å². The van der Waals surface area contributed by atoms with Crippen LogP contribution in [0.15, 0.2) is 51.9 Å². The van der Waals surface area contributed by atoms with E-state index in [4.69, 9.17) is 20.9 Å². The number of hydrogen-bond acceptors (Lipinski definition) is 6. The Morgan fingerprint density at radius 3 is 2.73 bits per heavy atom. The molecule has 0 aliphatic rings. The van der Waals surface area contributed by atoms with Crippen LogP contribution < -0.4 is 9.46 Å². The first kappa shape index (κ1) is 18.4. The van der Waals surface area contributed by atoms with Crippen molar-refractivity contribution in [3.05, 3.63) is 58.9 Å². The molecule has 26 heavy (non-hydrogen) atoms. The molecule has 7 nitrogen and oxygen atoms in total. The lowest BCUT2D eigenvalue weighted by atomic mass is 10.2. The fourth-order valence-corrected chi connectivity index (χ4v) is 3.58. The van der Waals surface area contributed by atoms with Gasteiger partial charge in [-0.15, -0.1) is 0 Å². The second-order valence-corrected chi connectivity index (χ2v) is 7.68. The van der Waals surface area contributed by atoms with Crippen molar-refractivity contribution in [3.8, 4) is 17.1 Å². The Morgan fingerprint density at radius 2 is 2.04 bits per heavy atom. The van der Waals surface area contributed by atoms with Crippen molar-refractivity contribution < 1.29 is 17.7 Å². The van der Waals surface area contributed by atoms with Crippen molar-refractivity contribution in [3.63, 3.8) is 0 Å². The van der Waals surface area contributed by atoms with Gasteiger partial charge in [-0.25, -0.2) is 13.1 Å². The Balaban J connectivity index is 1.73. The Morgan fingerprint density at radius 1 is 1.23 bits per heavy atom. The predicted molar refractivity (Wildman–Crippen MR) is 96.5 cm³/mol. The van der Waals surface area contributed by atoms with Gasteiger partial charge in [0.15, 0.2) is 0 Å². The van der Waals surface area contributed by atoms with Crippen LogP contribution in [-0.2, 0) is 16.6 Å². The molecule has 3 rings (SSSR count). The first-order valence-corrected chi connectivity index (χ1v) is 9.48. The van der Waals surface area contributed by atoms with Crippen LogP contribution in [0.2, 0.25) is 5.02 Å². The average Bonchev–Trinajstić information content (AvgIpc) is 3.09. The summed E-state index contributed by atoms with van der Waals surface area (Å²) >= 11 is 5.94. The molecule has 0 spiro atoms. The van der Waals surface area contributed by atoms with Gasteiger partial charge in [0, 0.05) is 10.6 Å². The molecule has 0 aliphatic carbocycles. The molecule has 3 aromatic rings. The third kappa shape index (κ3) is 4.04. The van der Waals surface area contributed by atoms with Crippen LogP contribution in [-0.4, -0.2) is 25.7 Å². The average molecular weight is 394 g/mol. The fourth-order valence-electron chi connectivity index (χ4n) is 2.33. The number of nitrogens with zero attached hydrogens (tertiary/aromatic N) is 2. The smallest absolute Gasteiger partial charge is 0.242 e. The molecule has 9 heteroatoms. The zero-order chi connectivity index (χ0) is 18.7. The lowest BCUT2D eigenvalue weighted by Crippen LogP contribution is -2.23. The third-order valence-corrected chi connectivity index (χ3v) is 5.27. The lowest BCUT2D eigenvalue weighted by Gasteiger charge is -2.08. The molecule has 0 aliphatic heterocycles. The summed E-state index contributed by atoms with van der Waals surface area (Å²) in [7, 11) is -2.19. The molecule has 0 saturated carbocycles. The van der Waals surface area contributed by atoms with Crippen LogP contribution in [0.4, 0.5) is 0 Å². The van der Waals surface area contributed by atoms with Crippen molar-refractivity contribution in [1.82, 2.24) is 14.9 Å². The number of aryl methyl sites for hydroxylation is 1. The van der Waals surface area contributed by atoms with E-state index in [0.717, 1.165) is 5.56 Å². The number of halogens is 1. The topological polar surface area (TPSA) is 94.3 Å². The van der Waals surface area contributed by atoms with Crippen LogP contribution in [0.25, 0.3) is 11.4 Å². The molecule has 1 N–H and O–H groups in total. The lowest BCUT2D eigenvalue weighted by molar-refractivity contribution is 0.376. The maximum Gasteiger partial charge on any atom is 0.242 e. The molecule has 1 heterocycles. The van der Waals surface area contributed by atoms with Gasteiger partial charge in [0.2, 0.25) is 21.7 Å². The standard InChI is InChI=1S/C17H16ClN3O4S/c1-11-8-14(6-7-15(11)24-2)26(22,23)19-10-16-20-17(21-25-16)12-4-3-5-13(18)9-12/h3-9,19H,10H2,1-2H3. The maximum absolute atomic E-state index is 12.4. The Labute approximate surface area is 156 Å². The number of hydrogen-bond donors (Lipinski definition) is 1. The van der Waals surface area contributed by atoms with E-state index in [1.807, 2.05) is 0 Å². The van der Waals surface area contributed by atoms with E-state index in [1.54, 1.807) is 37.3 Å². The van der Waals surface area contributed by atoms with E-state index in [9.17, 15) is 8.42 Å². The SMILES string of the molecule is COc1ccc(S(=O)(=O)NCc2nc(-c3cccc(Cl)c3)no2)cc1C.